The summed E-state index contributed by atoms with van der Waals surface area (Å²) in [5.41, 5.74) is 10.4. The van der Waals surface area contributed by atoms with E-state index in [1.54, 1.807) is 14.1 Å². The lowest BCUT2D eigenvalue weighted by atomic mass is 9.52. The third-order valence-corrected chi connectivity index (χ3v) is 8.75. The third kappa shape index (κ3) is 4.10. The summed E-state index contributed by atoms with van der Waals surface area (Å²) in [7, 11) is 3.13. The molecule has 0 heterocycles. The number of aryl methyl sites for hydroxylation is 1. The maximum Gasteiger partial charge on any atom is 0.235 e. The Kier molecular flexibility index (Phi) is 7.62. The quantitative estimate of drug-likeness (QED) is 0.275. The minimum Gasteiger partial charge on any atom is -0.507 e. The van der Waals surface area contributed by atoms with Crippen molar-refractivity contribution in [2.75, 3.05) is 14.1 Å². The second-order valence-corrected chi connectivity index (χ2v) is 11.2. The van der Waals surface area contributed by atoms with Crippen LogP contribution < -0.4 is 11.5 Å². The number of rotatable bonds is 8. The first-order valence-electron chi connectivity index (χ1n) is 13.3. The van der Waals surface area contributed by atoms with Crippen molar-refractivity contribution in [3.63, 3.8) is 0 Å². The van der Waals surface area contributed by atoms with Crippen molar-refractivity contribution in [1.82, 2.24) is 4.90 Å². The molecule has 6 N–H and O–H groups in total. The fraction of sp³-hybridized carbons (Fsp3) is 0.607. The van der Waals surface area contributed by atoms with Crippen molar-refractivity contribution in [3.8, 4) is 5.75 Å². The van der Waals surface area contributed by atoms with Gasteiger partial charge in [-0.2, -0.15) is 0 Å². The van der Waals surface area contributed by atoms with E-state index in [1.807, 2.05) is 6.07 Å². The van der Waals surface area contributed by atoms with E-state index in [0.717, 1.165) is 31.2 Å². The van der Waals surface area contributed by atoms with Crippen LogP contribution in [0.4, 0.5) is 0 Å². The number of carbonyl (C=O) groups is 5. The predicted octanol–water partition coefficient (Wildman–Crippen LogP) is 0.449. The second kappa shape index (κ2) is 10.3. The summed E-state index contributed by atoms with van der Waals surface area (Å²) >= 11 is 0. The highest BCUT2D eigenvalue weighted by Crippen LogP contribution is 2.51. The van der Waals surface area contributed by atoms with Crippen LogP contribution >= 0.6 is 0 Å². The Hall–Kier alpha value is -2.95. The number of benzene rings is 1. The maximum atomic E-state index is 13.9. The van der Waals surface area contributed by atoms with Crippen molar-refractivity contribution in [2.45, 2.75) is 70.1 Å². The van der Waals surface area contributed by atoms with Gasteiger partial charge in [0, 0.05) is 18.0 Å². The third-order valence-electron chi connectivity index (χ3n) is 8.75. The summed E-state index contributed by atoms with van der Waals surface area (Å²) < 4.78 is 0. The first-order valence-corrected chi connectivity index (χ1v) is 13.3. The monoisotopic (exact) mass is 527 g/mol. The van der Waals surface area contributed by atoms with E-state index >= 15 is 0 Å². The molecule has 0 spiro atoms. The number of phenolic OH excluding ortho intramolecular Hbond substituents is 1. The van der Waals surface area contributed by atoms with Crippen molar-refractivity contribution >= 4 is 29.0 Å². The van der Waals surface area contributed by atoms with Crippen LogP contribution in [0.3, 0.4) is 0 Å². The molecule has 3 aliphatic rings. The number of aromatic hydroxyl groups is 1. The van der Waals surface area contributed by atoms with Gasteiger partial charge in [0.1, 0.15) is 5.75 Å². The molecule has 38 heavy (non-hydrogen) atoms. The Bertz CT molecular complexity index is 1210. The van der Waals surface area contributed by atoms with E-state index in [2.05, 4.69) is 6.92 Å². The number of hydrogen-bond donors (Lipinski definition) is 4. The lowest BCUT2D eigenvalue weighted by molar-refractivity contribution is -0.181. The van der Waals surface area contributed by atoms with Gasteiger partial charge in [0.05, 0.1) is 17.5 Å². The minimum atomic E-state index is -2.72. The lowest BCUT2D eigenvalue weighted by Gasteiger charge is -2.52. The molecule has 2 fully saturated rings. The smallest absolute Gasteiger partial charge is 0.235 e. The highest BCUT2D eigenvalue weighted by molar-refractivity contribution is 6.32. The SMILES string of the molecule is CCCCCCc1cc(CN)c(O)c2c1C[C@H]1C[C@H]3[C@H](N(C)C)C(=O)C(C(N)=O)C(=O)[C@@]3(O)C(=O)C1C2=O. The highest BCUT2D eigenvalue weighted by Gasteiger charge is 2.69. The van der Waals surface area contributed by atoms with Gasteiger partial charge in [0.25, 0.3) is 0 Å². The van der Waals surface area contributed by atoms with Gasteiger partial charge in [0.2, 0.25) is 5.91 Å². The molecule has 10 heteroatoms. The summed E-state index contributed by atoms with van der Waals surface area (Å²) in [6.07, 6.45) is 5.03. The number of unbranched alkanes of at least 4 members (excludes halogenated alkanes) is 3. The van der Waals surface area contributed by atoms with Crippen LogP contribution in [0.25, 0.3) is 0 Å². The average molecular weight is 528 g/mol. The van der Waals surface area contributed by atoms with Gasteiger partial charge in [-0.3, -0.25) is 28.9 Å². The number of amides is 1. The zero-order valence-electron chi connectivity index (χ0n) is 22.2. The van der Waals surface area contributed by atoms with E-state index in [-0.39, 0.29) is 30.7 Å². The highest BCUT2D eigenvalue weighted by atomic mass is 16.3. The van der Waals surface area contributed by atoms with E-state index < -0.39 is 64.4 Å². The summed E-state index contributed by atoms with van der Waals surface area (Å²) in [5, 5.41) is 22.6. The van der Waals surface area contributed by atoms with Gasteiger partial charge < -0.3 is 21.7 Å². The molecule has 0 aliphatic heterocycles. The molecule has 6 atom stereocenters. The molecule has 0 saturated heterocycles. The lowest BCUT2D eigenvalue weighted by Crippen LogP contribution is -2.74. The van der Waals surface area contributed by atoms with Gasteiger partial charge in [0.15, 0.2) is 34.7 Å². The second-order valence-electron chi connectivity index (χ2n) is 11.2. The van der Waals surface area contributed by atoms with Crippen molar-refractivity contribution in [2.24, 2.45) is 35.1 Å². The number of nitrogens with two attached hydrogens (primary N) is 2. The fourth-order valence-electron chi connectivity index (χ4n) is 6.93. The first kappa shape index (κ1) is 28.1. The van der Waals surface area contributed by atoms with Crippen molar-refractivity contribution < 1.29 is 34.2 Å². The molecule has 3 aliphatic carbocycles. The molecule has 10 nitrogen and oxygen atoms in total. The van der Waals surface area contributed by atoms with Gasteiger partial charge in [-0.1, -0.05) is 32.3 Å². The molecule has 0 radical (unpaired) electrons. The van der Waals surface area contributed by atoms with E-state index in [4.69, 9.17) is 11.5 Å². The number of ketones is 4. The standard InChI is InChI=1S/C28H37N3O7/c1-4-5-6-7-8-13-9-15(12-29)22(32)19-16(13)10-14-11-17-21(31(2)3)24(34)20(27(30)37)26(36)28(17,38)25(35)18(14)23(19)33/h9,14,17-18,20-21,32,38H,4-8,10-12,29H2,1-3H3,(H2,30,37)/t14-,17-,18?,20?,21-,28-/m0/s1. The van der Waals surface area contributed by atoms with Gasteiger partial charge in [-0.25, -0.2) is 0 Å². The van der Waals surface area contributed by atoms with E-state index in [0.29, 0.717) is 17.5 Å². The van der Waals surface area contributed by atoms with Crippen LogP contribution in [0.2, 0.25) is 0 Å². The predicted molar refractivity (Wildman–Crippen MR) is 137 cm³/mol. The van der Waals surface area contributed by atoms with Crippen molar-refractivity contribution in [3.05, 3.63) is 28.3 Å². The van der Waals surface area contributed by atoms with E-state index in [9.17, 15) is 34.2 Å². The molecule has 2 saturated carbocycles. The number of nitrogens with zero attached hydrogens (tertiary/aromatic N) is 1. The Morgan fingerprint density at radius 3 is 2.37 bits per heavy atom. The van der Waals surface area contributed by atoms with Crippen LogP contribution in [0.1, 0.15) is 66.1 Å². The number of aliphatic hydroxyl groups is 1. The fourth-order valence-corrected chi connectivity index (χ4v) is 6.93. The molecule has 0 bridgehead atoms. The molecule has 2 unspecified atom stereocenters. The minimum absolute atomic E-state index is 0.00614. The zero-order valence-corrected chi connectivity index (χ0v) is 22.2. The van der Waals surface area contributed by atoms with Gasteiger partial charge in [-0.15, -0.1) is 0 Å². The zero-order chi connectivity index (χ0) is 28.1. The average Bonchev–Trinajstić information content (AvgIpc) is 2.84. The molecule has 0 aromatic heterocycles. The normalized spacial score (nSPS) is 30.7. The number of Topliss-reactive ketones (excluding diaryl/α,β-unsaturated/α-hetero) is 4. The van der Waals surface area contributed by atoms with Crippen LogP contribution in [0.15, 0.2) is 6.07 Å². The Balaban J connectivity index is 1.82. The van der Waals surface area contributed by atoms with Crippen LogP contribution in [-0.2, 0) is 38.6 Å². The van der Waals surface area contributed by atoms with Crippen LogP contribution in [0, 0.1) is 23.7 Å². The largest absolute Gasteiger partial charge is 0.507 e. The number of hydrogen-bond acceptors (Lipinski definition) is 9. The molecular formula is C28H37N3O7. The summed E-state index contributed by atoms with van der Waals surface area (Å²) in [4.78, 5) is 67.9. The number of carbonyl (C=O) groups excluding carboxylic acids is 5. The molecule has 1 aromatic carbocycles. The van der Waals surface area contributed by atoms with Gasteiger partial charge in [-0.05, 0) is 56.8 Å². The number of primary amides is 1. The first-order chi connectivity index (χ1) is 17.9. The number of phenols is 1. The molecule has 1 aromatic rings. The Morgan fingerprint density at radius 2 is 1.79 bits per heavy atom. The van der Waals surface area contributed by atoms with Gasteiger partial charge >= 0.3 is 0 Å². The summed E-state index contributed by atoms with van der Waals surface area (Å²) in [6.45, 7) is 2.11. The van der Waals surface area contributed by atoms with Crippen LogP contribution in [-0.4, -0.2) is 69.9 Å². The number of likely N-dealkylation sites (N-methyl/N-ethyl adjacent to an activating group) is 1. The topological polar surface area (TPSA) is 181 Å². The Labute approximate surface area is 221 Å². The maximum absolute atomic E-state index is 13.9. The molecule has 206 valence electrons. The molecule has 4 rings (SSSR count). The Morgan fingerprint density at radius 1 is 1.11 bits per heavy atom. The van der Waals surface area contributed by atoms with E-state index in [1.165, 1.54) is 4.90 Å². The van der Waals surface area contributed by atoms with Crippen molar-refractivity contribution in [1.29, 1.82) is 0 Å². The summed E-state index contributed by atoms with van der Waals surface area (Å²) in [6, 6.07) is 0.709. The van der Waals surface area contributed by atoms with Crippen LogP contribution in [0.5, 0.6) is 5.75 Å². The number of fused-ring (bicyclic) bond motifs is 3. The molecular weight excluding hydrogens is 490 g/mol. The molecule has 1 amide bonds. The summed E-state index contributed by atoms with van der Waals surface area (Å²) in [5.74, 6) is -10.4.